The Labute approximate surface area is 288 Å². The molecule has 0 aliphatic heterocycles. The van der Waals surface area contributed by atoms with E-state index in [4.69, 9.17) is 0 Å². The summed E-state index contributed by atoms with van der Waals surface area (Å²) in [6.07, 6.45) is 8.78. The first-order valence-electron chi connectivity index (χ1n) is 14.8. The largest absolute Gasteiger partial charge is 0.228 e. The quantitative estimate of drug-likeness (QED) is 0.167. The van der Waals surface area contributed by atoms with Gasteiger partial charge in [-0.05, 0) is 119 Å². The Morgan fingerprint density at radius 3 is 1.17 bits per heavy atom. The van der Waals surface area contributed by atoms with Gasteiger partial charge in [0, 0.05) is 20.1 Å². The summed E-state index contributed by atoms with van der Waals surface area (Å²) in [5, 5.41) is 0. The van der Waals surface area contributed by atoms with Crippen LogP contribution in [0, 0.1) is 37.1 Å². The predicted octanol–water partition coefficient (Wildman–Crippen LogP) is 11.2. The van der Waals surface area contributed by atoms with Gasteiger partial charge in [-0.1, -0.05) is 80.4 Å². The first kappa shape index (κ1) is 33.4. The van der Waals surface area contributed by atoms with E-state index in [0.717, 1.165) is 66.6 Å². The molecule has 0 amide bonds. The van der Waals surface area contributed by atoms with Crippen LogP contribution in [0.5, 0.6) is 0 Å². The number of sulfone groups is 1. The molecule has 0 N–H and O–H groups in total. The fourth-order valence-corrected chi connectivity index (χ4v) is 8.06. The lowest BCUT2D eigenvalue weighted by molar-refractivity contribution is 0.547. The summed E-state index contributed by atoms with van der Waals surface area (Å²) in [5.74, 6) is -6.30. The molecule has 240 valence electrons. The second-order valence-electron chi connectivity index (χ2n) is 11.7. The van der Waals surface area contributed by atoms with E-state index in [2.05, 4.69) is 31.9 Å². The molecule has 0 saturated carbocycles. The van der Waals surface area contributed by atoms with Crippen LogP contribution < -0.4 is 0 Å². The molecular weight excluding hydrogens is 756 g/mol. The van der Waals surface area contributed by atoms with E-state index in [-0.39, 0.29) is 11.1 Å². The smallest absolute Gasteiger partial charge is 0.159 e. The summed E-state index contributed by atoms with van der Waals surface area (Å²) < 4.78 is 89.6. The fourth-order valence-electron chi connectivity index (χ4n) is 6.03. The third-order valence-electron chi connectivity index (χ3n) is 8.44. The molecule has 2 aliphatic rings. The Morgan fingerprint density at radius 2 is 0.851 bits per heavy atom. The van der Waals surface area contributed by atoms with Gasteiger partial charge in [0.1, 0.15) is 23.3 Å². The van der Waals surface area contributed by atoms with Crippen molar-refractivity contribution in [2.75, 3.05) is 0 Å². The average Bonchev–Trinajstić information content (AvgIpc) is 3.70. The molecule has 2 aliphatic carbocycles. The summed E-state index contributed by atoms with van der Waals surface area (Å²) in [6, 6.07) is 16.0. The van der Waals surface area contributed by atoms with Crippen LogP contribution in [0.4, 0.5) is 17.6 Å². The van der Waals surface area contributed by atoms with Crippen LogP contribution in [-0.4, -0.2) is 8.42 Å². The van der Waals surface area contributed by atoms with Crippen molar-refractivity contribution in [1.82, 2.24) is 0 Å². The van der Waals surface area contributed by atoms with Crippen molar-refractivity contribution in [3.63, 3.8) is 0 Å². The van der Waals surface area contributed by atoms with Crippen molar-refractivity contribution in [3.05, 3.63) is 162 Å². The Morgan fingerprint density at radius 1 is 0.532 bits per heavy atom. The maximum atomic E-state index is 15.4. The minimum Gasteiger partial charge on any atom is -0.228 e. The van der Waals surface area contributed by atoms with E-state index in [9.17, 15) is 8.42 Å². The maximum absolute atomic E-state index is 15.4. The highest BCUT2D eigenvalue weighted by Crippen LogP contribution is 2.40. The Bertz CT molecular complexity index is 2000. The summed E-state index contributed by atoms with van der Waals surface area (Å²) in [4.78, 5) is 0. The number of hydrogen-bond donors (Lipinski definition) is 0. The van der Waals surface area contributed by atoms with E-state index in [0.29, 0.717) is 24.0 Å². The van der Waals surface area contributed by atoms with Crippen LogP contribution in [-0.2, 0) is 21.3 Å². The SMILES string of the molecule is Cc1cc(C2=CCC=C2c2cc(F)c(CS(=O)(=O)Cc3c(F)cc(C4=CCC=C4c4ccc(Br)c(C)c4)cc3F)c(F)c2)ccc1Br. The molecule has 0 saturated heterocycles. The van der Waals surface area contributed by atoms with Gasteiger partial charge in [-0.25, -0.2) is 26.0 Å². The van der Waals surface area contributed by atoms with Crippen molar-refractivity contribution in [2.45, 2.75) is 38.2 Å². The molecule has 0 radical (unpaired) electrons. The minimum absolute atomic E-state index is 0.270. The zero-order chi connectivity index (χ0) is 33.6. The van der Waals surface area contributed by atoms with Crippen LogP contribution in [0.15, 0.2) is 93.9 Å². The van der Waals surface area contributed by atoms with E-state index >= 15 is 17.6 Å². The molecule has 0 spiro atoms. The van der Waals surface area contributed by atoms with Gasteiger partial charge in [0.25, 0.3) is 0 Å². The highest BCUT2D eigenvalue weighted by atomic mass is 79.9. The summed E-state index contributed by atoms with van der Waals surface area (Å²) in [5.41, 5.74) is 5.87. The van der Waals surface area contributed by atoms with Gasteiger partial charge in [0.2, 0.25) is 0 Å². The Balaban J connectivity index is 1.22. The molecule has 2 nitrogen and oxygen atoms in total. The Hall–Kier alpha value is -3.53. The van der Waals surface area contributed by atoms with Crippen LogP contribution in [0.2, 0.25) is 0 Å². The Kier molecular flexibility index (Phi) is 9.35. The van der Waals surface area contributed by atoms with Crippen LogP contribution in [0.3, 0.4) is 0 Å². The van der Waals surface area contributed by atoms with Crippen molar-refractivity contribution in [2.24, 2.45) is 0 Å². The third-order valence-corrected chi connectivity index (χ3v) is 11.7. The molecule has 0 unspecified atom stereocenters. The van der Waals surface area contributed by atoms with E-state index < -0.39 is 55.7 Å². The monoisotopic (exact) mass is 782 g/mol. The standard InChI is InChI=1S/C38H28Br2F4O2S/c1-21-13-23(9-11-33(21)39)27-5-3-7-29(27)25-15-35(41)31(36(42)16-25)19-47(45,46)20-32-37(43)17-26(18-38(32)44)30-8-4-6-28(30)24-10-12-34(40)22(2)14-24/h5-18H,3-4,19-20H2,1-2H3. The number of hydrogen-bond acceptors (Lipinski definition) is 2. The molecule has 0 bridgehead atoms. The van der Waals surface area contributed by atoms with Gasteiger partial charge < -0.3 is 0 Å². The number of benzene rings is 4. The summed E-state index contributed by atoms with van der Waals surface area (Å²) in [7, 11) is -4.39. The molecular formula is C38H28Br2F4O2S. The zero-order valence-electron chi connectivity index (χ0n) is 25.4. The van der Waals surface area contributed by atoms with Crippen molar-refractivity contribution in [1.29, 1.82) is 0 Å². The molecule has 0 atom stereocenters. The highest BCUT2D eigenvalue weighted by molar-refractivity contribution is 9.10. The molecule has 47 heavy (non-hydrogen) atoms. The molecule has 9 heteroatoms. The number of rotatable bonds is 8. The van der Waals surface area contributed by atoms with Gasteiger partial charge in [-0.3, -0.25) is 0 Å². The maximum Gasteiger partial charge on any atom is 0.159 e. The molecule has 6 rings (SSSR count). The summed E-state index contributed by atoms with van der Waals surface area (Å²) in [6.45, 7) is 3.89. The lowest BCUT2D eigenvalue weighted by Crippen LogP contribution is -2.13. The van der Waals surface area contributed by atoms with Crippen LogP contribution in [0.1, 0.15) is 57.3 Å². The first-order valence-corrected chi connectivity index (χ1v) is 18.2. The molecule has 0 fully saturated rings. The molecule has 4 aromatic carbocycles. The number of halogens is 6. The van der Waals surface area contributed by atoms with Gasteiger partial charge >= 0.3 is 0 Å². The van der Waals surface area contributed by atoms with Crippen molar-refractivity contribution >= 4 is 64.0 Å². The average molecular weight is 785 g/mol. The minimum atomic E-state index is -4.39. The lowest BCUT2D eigenvalue weighted by atomic mass is 9.93. The molecule has 4 aromatic rings. The first-order chi connectivity index (χ1) is 22.3. The predicted molar refractivity (Wildman–Crippen MR) is 188 cm³/mol. The van der Waals surface area contributed by atoms with Gasteiger partial charge in [-0.2, -0.15) is 0 Å². The van der Waals surface area contributed by atoms with Crippen molar-refractivity contribution < 1.29 is 26.0 Å². The number of aryl methyl sites for hydroxylation is 2. The second kappa shape index (κ2) is 13.2. The van der Waals surface area contributed by atoms with E-state index in [1.54, 1.807) is 0 Å². The second-order valence-corrected chi connectivity index (χ2v) is 15.5. The van der Waals surface area contributed by atoms with Crippen LogP contribution >= 0.6 is 31.9 Å². The third kappa shape index (κ3) is 6.89. The van der Waals surface area contributed by atoms with E-state index in [1.807, 2.05) is 74.5 Å². The summed E-state index contributed by atoms with van der Waals surface area (Å²) >= 11 is 6.96. The van der Waals surface area contributed by atoms with Gasteiger partial charge in [-0.15, -0.1) is 0 Å². The zero-order valence-corrected chi connectivity index (χ0v) is 29.4. The van der Waals surface area contributed by atoms with Gasteiger partial charge in [0.15, 0.2) is 9.84 Å². The van der Waals surface area contributed by atoms with E-state index in [1.165, 1.54) is 0 Å². The topological polar surface area (TPSA) is 34.1 Å². The number of allylic oxidation sites excluding steroid dienone is 8. The van der Waals surface area contributed by atoms with Crippen molar-refractivity contribution in [3.8, 4) is 0 Å². The fraction of sp³-hybridized carbons (Fsp3) is 0.158. The van der Waals surface area contributed by atoms with Gasteiger partial charge in [0.05, 0.1) is 11.5 Å². The molecule has 0 aromatic heterocycles. The lowest BCUT2D eigenvalue weighted by Gasteiger charge is -2.15. The molecule has 0 heterocycles. The van der Waals surface area contributed by atoms with Crippen LogP contribution in [0.25, 0.3) is 22.3 Å². The normalized spacial score (nSPS) is 14.6. The highest BCUT2D eigenvalue weighted by Gasteiger charge is 2.26.